The molecule has 18 heavy (non-hydrogen) atoms. The third-order valence-corrected chi connectivity index (χ3v) is 5.38. The second-order valence-electron chi connectivity index (χ2n) is 4.64. The number of rotatable bonds is 4. The number of hydrogen-bond donors (Lipinski definition) is 1. The van der Waals surface area contributed by atoms with Gasteiger partial charge < -0.3 is 5.32 Å². The Kier molecular flexibility index (Phi) is 4.60. The van der Waals surface area contributed by atoms with Gasteiger partial charge in [0, 0.05) is 10.9 Å². The van der Waals surface area contributed by atoms with Crippen molar-refractivity contribution in [3.63, 3.8) is 0 Å². The van der Waals surface area contributed by atoms with E-state index in [-0.39, 0.29) is 0 Å². The third kappa shape index (κ3) is 3.22. The van der Waals surface area contributed by atoms with Crippen LogP contribution in [-0.4, -0.2) is 7.05 Å². The highest BCUT2D eigenvalue weighted by Gasteiger charge is 2.14. The van der Waals surface area contributed by atoms with Crippen molar-refractivity contribution in [3.05, 3.63) is 55.7 Å². The summed E-state index contributed by atoms with van der Waals surface area (Å²) in [7, 11) is 2.03. The van der Waals surface area contributed by atoms with Crippen LogP contribution in [0.15, 0.2) is 34.1 Å². The molecule has 2 rings (SSSR count). The summed E-state index contributed by atoms with van der Waals surface area (Å²) in [5, 5.41) is 3.41. The van der Waals surface area contributed by atoms with Gasteiger partial charge in [-0.25, -0.2) is 0 Å². The van der Waals surface area contributed by atoms with Gasteiger partial charge in [-0.15, -0.1) is 11.3 Å². The number of likely N-dealkylation sites (N-methyl/N-ethyl adjacent to an activating group) is 1. The number of aryl methyl sites for hydroxylation is 2. The van der Waals surface area contributed by atoms with Gasteiger partial charge in [0.2, 0.25) is 0 Å². The van der Waals surface area contributed by atoms with Crippen molar-refractivity contribution in [2.75, 3.05) is 7.05 Å². The first-order valence-electron chi connectivity index (χ1n) is 6.09. The molecule has 0 saturated carbocycles. The van der Waals surface area contributed by atoms with Crippen molar-refractivity contribution in [2.24, 2.45) is 0 Å². The normalized spacial score (nSPS) is 12.7. The van der Waals surface area contributed by atoms with Crippen LogP contribution in [0.3, 0.4) is 0 Å². The van der Waals surface area contributed by atoms with Crippen molar-refractivity contribution >= 4 is 27.3 Å². The molecule has 1 N–H and O–H groups in total. The summed E-state index contributed by atoms with van der Waals surface area (Å²) in [4.78, 5) is 1.39. The van der Waals surface area contributed by atoms with Crippen molar-refractivity contribution in [1.82, 2.24) is 5.32 Å². The summed E-state index contributed by atoms with van der Waals surface area (Å²) in [6.07, 6.45) is 1.03. The molecule has 1 aromatic carbocycles. The van der Waals surface area contributed by atoms with Crippen LogP contribution in [0.25, 0.3) is 0 Å². The fourth-order valence-electron chi connectivity index (χ4n) is 1.96. The Morgan fingerprint density at radius 3 is 2.39 bits per heavy atom. The molecule has 1 unspecified atom stereocenters. The predicted molar refractivity (Wildman–Crippen MR) is 83.4 cm³/mol. The van der Waals surface area contributed by atoms with Gasteiger partial charge in [0.05, 0.1) is 3.79 Å². The van der Waals surface area contributed by atoms with E-state index in [1.807, 2.05) is 18.4 Å². The Hall–Kier alpha value is -0.640. The van der Waals surface area contributed by atoms with Gasteiger partial charge in [0.15, 0.2) is 0 Å². The second-order valence-corrected chi connectivity index (χ2v) is 7.04. The summed E-state index contributed by atoms with van der Waals surface area (Å²) in [6.45, 7) is 4.27. The van der Waals surface area contributed by atoms with E-state index in [2.05, 4.69) is 65.4 Å². The van der Waals surface area contributed by atoms with Crippen LogP contribution < -0.4 is 5.32 Å². The van der Waals surface area contributed by atoms with Crippen LogP contribution in [0.4, 0.5) is 0 Å². The zero-order valence-corrected chi connectivity index (χ0v) is 13.4. The highest BCUT2D eigenvalue weighted by molar-refractivity contribution is 9.11. The summed E-state index contributed by atoms with van der Waals surface area (Å²) in [5.41, 5.74) is 4.01. The van der Waals surface area contributed by atoms with E-state index in [0.29, 0.717) is 6.04 Å². The van der Waals surface area contributed by atoms with E-state index in [0.717, 1.165) is 6.42 Å². The Morgan fingerprint density at radius 1 is 1.22 bits per heavy atom. The van der Waals surface area contributed by atoms with Crippen LogP contribution in [0.2, 0.25) is 0 Å². The molecule has 1 nitrogen and oxygen atoms in total. The average molecular weight is 324 g/mol. The minimum Gasteiger partial charge on any atom is -0.312 e. The molecule has 1 aromatic heterocycles. The van der Waals surface area contributed by atoms with Crippen molar-refractivity contribution < 1.29 is 0 Å². The van der Waals surface area contributed by atoms with Crippen molar-refractivity contribution in [3.8, 4) is 0 Å². The quantitative estimate of drug-likeness (QED) is 0.864. The first kappa shape index (κ1) is 13.8. The Balaban J connectivity index is 2.16. The topological polar surface area (TPSA) is 12.0 Å². The monoisotopic (exact) mass is 323 g/mol. The van der Waals surface area contributed by atoms with Gasteiger partial charge in [-0.1, -0.05) is 29.8 Å². The number of thiophene rings is 1. The predicted octanol–water partition coefficient (Wildman–Crippen LogP) is 4.63. The molecule has 1 heterocycles. The summed E-state index contributed by atoms with van der Waals surface area (Å²) < 4.78 is 1.24. The molecule has 3 heteroatoms. The molecule has 0 aliphatic carbocycles. The van der Waals surface area contributed by atoms with E-state index in [9.17, 15) is 0 Å². The SMILES string of the molecule is CNC(Cc1ccc(C)cc1)c1cc(C)c(Br)s1. The minimum atomic E-state index is 0.391. The van der Waals surface area contributed by atoms with E-state index in [1.165, 1.54) is 25.4 Å². The van der Waals surface area contributed by atoms with Crippen LogP contribution in [0, 0.1) is 13.8 Å². The molecule has 2 aromatic rings. The fraction of sp³-hybridized carbons (Fsp3) is 0.333. The molecule has 0 fully saturated rings. The van der Waals surface area contributed by atoms with E-state index in [1.54, 1.807) is 0 Å². The maximum Gasteiger partial charge on any atom is 0.0731 e. The van der Waals surface area contributed by atoms with Crippen LogP contribution in [0.1, 0.15) is 27.6 Å². The maximum atomic E-state index is 3.60. The molecule has 0 aliphatic rings. The molecule has 0 aliphatic heterocycles. The van der Waals surface area contributed by atoms with E-state index < -0.39 is 0 Å². The van der Waals surface area contributed by atoms with Gasteiger partial charge in [-0.05, 0) is 60.4 Å². The molecule has 0 amide bonds. The zero-order chi connectivity index (χ0) is 13.1. The van der Waals surface area contributed by atoms with Crippen LogP contribution >= 0.6 is 27.3 Å². The van der Waals surface area contributed by atoms with Crippen LogP contribution in [-0.2, 0) is 6.42 Å². The number of benzene rings is 1. The number of halogens is 1. The molecule has 0 bridgehead atoms. The first-order chi connectivity index (χ1) is 8.60. The van der Waals surface area contributed by atoms with Crippen molar-refractivity contribution in [2.45, 2.75) is 26.3 Å². The zero-order valence-electron chi connectivity index (χ0n) is 11.0. The Morgan fingerprint density at radius 2 is 1.89 bits per heavy atom. The van der Waals surface area contributed by atoms with Crippen LogP contribution in [0.5, 0.6) is 0 Å². The van der Waals surface area contributed by atoms with Gasteiger partial charge in [0.25, 0.3) is 0 Å². The Bertz CT molecular complexity index is 496. The third-order valence-electron chi connectivity index (χ3n) is 3.13. The van der Waals surface area contributed by atoms with Gasteiger partial charge >= 0.3 is 0 Å². The average Bonchev–Trinajstić information content (AvgIpc) is 2.69. The fourth-order valence-corrected chi connectivity index (χ4v) is 3.64. The van der Waals surface area contributed by atoms with Gasteiger partial charge in [-0.3, -0.25) is 0 Å². The highest BCUT2D eigenvalue weighted by Crippen LogP contribution is 2.32. The molecule has 0 saturated heterocycles. The standard InChI is InChI=1S/C15H18BrNS/c1-10-4-6-12(7-5-10)9-13(17-3)14-8-11(2)15(16)18-14/h4-8,13,17H,9H2,1-3H3. The molecule has 0 spiro atoms. The molecule has 1 atom stereocenters. The summed E-state index contributed by atoms with van der Waals surface area (Å²) in [5.74, 6) is 0. The smallest absolute Gasteiger partial charge is 0.0731 e. The lowest BCUT2D eigenvalue weighted by Gasteiger charge is -2.14. The lowest BCUT2D eigenvalue weighted by molar-refractivity contribution is 0.602. The van der Waals surface area contributed by atoms with Crippen molar-refractivity contribution in [1.29, 1.82) is 0 Å². The first-order valence-corrected chi connectivity index (χ1v) is 7.69. The second kappa shape index (κ2) is 6.00. The van der Waals surface area contributed by atoms with Gasteiger partial charge in [-0.2, -0.15) is 0 Å². The number of nitrogens with one attached hydrogen (secondary N) is 1. The lowest BCUT2D eigenvalue weighted by Crippen LogP contribution is -2.17. The maximum absolute atomic E-state index is 3.60. The molecule has 0 radical (unpaired) electrons. The minimum absolute atomic E-state index is 0.391. The van der Waals surface area contributed by atoms with E-state index in [4.69, 9.17) is 0 Å². The van der Waals surface area contributed by atoms with E-state index >= 15 is 0 Å². The summed E-state index contributed by atoms with van der Waals surface area (Å²) in [6, 6.07) is 11.5. The molecule has 96 valence electrons. The highest BCUT2D eigenvalue weighted by atomic mass is 79.9. The lowest BCUT2D eigenvalue weighted by atomic mass is 10.0. The largest absolute Gasteiger partial charge is 0.312 e. The Labute approximate surface area is 121 Å². The molecular formula is C15H18BrNS. The number of hydrogen-bond acceptors (Lipinski definition) is 2. The molecular weight excluding hydrogens is 306 g/mol. The summed E-state index contributed by atoms with van der Waals surface area (Å²) >= 11 is 5.42. The van der Waals surface area contributed by atoms with Gasteiger partial charge in [0.1, 0.15) is 0 Å².